The number of ether oxygens (including phenoxy) is 2. The summed E-state index contributed by atoms with van der Waals surface area (Å²) in [6.45, 7) is 3.67. The molecule has 0 spiro atoms. The zero-order valence-electron chi connectivity index (χ0n) is 14.0. The van der Waals surface area contributed by atoms with Gasteiger partial charge in [0.1, 0.15) is 12.2 Å². The number of hydrogen-bond acceptors (Lipinski definition) is 4. The fourth-order valence-corrected chi connectivity index (χ4v) is 4.05. The first-order chi connectivity index (χ1) is 11.8. The first-order valence-electron chi connectivity index (χ1n) is 9.00. The maximum atomic E-state index is 12.9. The molecule has 0 bridgehead atoms. The third kappa shape index (κ3) is 3.13. The van der Waals surface area contributed by atoms with Crippen molar-refractivity contribution in [2.24, 2.45) is 0 Å². The summed E-state index contributed by atoms with van der Waals surface area (Å²) in [4.78, 5) is 21.0. The molecular weight excluding hydrogens is 306 g/mol. The lowest BCUT2D eigenvalue weighted by atomic mass is 10.0. The third-order valence-electron chi connectivity index (χ3n) is 5.29. The molecule has 6 nitrogen and oxygen atoms in total. The molecule has 130 valence electrons. The number of amides is 2. The van der Waals surface area contributed by atoms with Crippen molar-refractivity contribution in [2.75, 3.05) is 26.2 Å². The molecule has 2 amide bonds. The highest BCUT2D eigenvalue weighted by atomic mass is 16.5. The Kier molecular flexibility index (Phi) is 4.67. The average molecular weight is 331 g/mol. The fourth-order valence-electron chi connectivity index (χ4n) is 4.05. The molecule has 3 fully saturated rings. The Bertz CT molecular complexity index is 562. The number of pyridine rings is 1. The van der Waals surface area contributed by atoms with Crippen LogP contribution in [0.1, 0.15) is 31.2 Å². The molecule has 24 heavy (non-hydrogen) atoms. The summed E-state index contributed by atoms with van der Waals surface area (Å²) in [6.07, 6.45) is 7.79. The second kappa shape index (κ2) is 7.07. The predicted molar refractivity (Wildman–Crippen MR) is 88.5 cm³/mol. The van der Waals surface area contributed by atoms with Gasteiger partial charge in [0.05, 0.1) is 19.2 Å². The van der Waals surface area contributed by atoms with Gasteiger partial charge in [0.15, 0.2) is 0 Å². The first-order valence-corrected chi connectivity index (χ1v) is 9.00. The highest BCUT2D eigenvalue weighted by molar-refractivity contribution is 5.75. The van der Waals surface area contributed by atoms with Gasteiger partial charge < -0.3 is 19.3 Å². The smallest absolute Gasteiger partial charge is 0.320 e. The summed E-state index contributed by atoms with van der Waals surface area (Å²) in [5.74, 6) is 0. The predicted octanol–water partition coefficient (Wildman–Crippen LogP) is 2.05. The van der Waals surface area contributed by atoms with Gasteiger partial charge in [-0.15, -0.1) is 0 Å². The van der Waals surface area contributed by atoms with Crippen LogP contribution in [0, 0.1) is 0 Å². The van der Waals surface area contributed by atoms with E-state index in [-0.39, 0.29) is 24.3 Å². The second-order valence-electron chi connectivity index (χ2n) is 6.88. The van der Waals surface area contributed by atoms with Gasteiger partial charge in [-0.2, -0.15) is 0 Å². The summed E-state index contributed by atoms with van der Waals surface area (Å²) < 4.78 is 12.1. The Morgan fingerprint density at radius 1 is 1.33 bits per heavy atom. The quantitative estimate of drug-likeness (QED) is 0.851. The number of nitrogens with zero attached hydrogens (tertiary/aromatic N) is 3. The van der Waals surface area contributed by atoms with Crippen LogP contribution in [0.2, 0.25) is 0 Å². The number of rotatable bonds is 3. The van der Waals surface area contributed by atoms with Crippen molar-refractivity contribution in [3.05, 3.63) is 30.1 Å². The van der Waals surface area contributed by atoms with Crippen molar-refractivity contribution in [2.45, 2.75) is 50.5 Å². The van der Waals surface area contributed by atoms with E-state index in [2.05, 4.69) is 4.98 Å². The van der Waals surface area contributed by atoms with Gasteiger partial charge in [-0.3, -0.25) is 4.98 Å². The molecule has 3 atom stereocenters. The molecule has 4 heterocycles. The summed E-state index contributed by atoms with van der Waals surface area (Å²) in [5.41, 5.74) is 1.05. The maximum Gasteiger partial charge on any atom is 0.320 e. The summed E-state index contributed by atoms with van der Waals surface area (Å²) in [6, 6.07) is 4.25. The molecule has 0 unspecified atom stereocenters. The molecule has 3 saturated heterocycles. The lowest BCUT2D eigenvalue weighted by molar-refractivity contribution is -0.0809. The zero-order chi connectivity index (χ0) is 16.4. The largest absolute Gasteiger partial charge is 0.373 e. The molecule has 0 aliphatic carbocycles. The van der Waals surface area contributed by atoms with Crippen LogP contribution in [-0.4, -0.2) is 65.3 Å². The molecule has 1 aromatic rings. The minimum Gasteiger partial charge on any atom is -0.373 e. The molecule has 0 aromatic carbocycles. The molecule has 0 radical (unpaired) electrons. The van der Waals surface area contributed by atoms with Crippen LogP contribution >= 0.6 is 0 Å². The van der Waals surface area contributed by atoms with Gasteiger partial charge in [-0.05, 0) is 37.3 Å². The SMILES string of the molecule is O=C(N1CCCC1)N1C[C@H](OCc2cccnc2)[C@H]2OCCC[C@H]21. The average Bonchev–Trinajstić information content (AvgIpc) is 3.29. The van der Waals surface area contributed by atoms with Gasteiger partial charge >= 0.3 is 6.03 Å². The third-order valence-corrected chi connectivity index (χ3v) is 5.29. The molecule has 0 N–H and O–H groups in total. The van der Waals surface area contributed by atoms with Crippen molar-refractivity contribution in [1.29, 1.82) is 0 Å². The number of likely N-dealkylation sites (tertiary alicyclic amines) is 2. The minimum atomic E-state index is -0.0536. The fraction of sp³-hybridized carbons (Fsp3) is 0.667. The number of carbonyl (C=O) groups excluding carboxylic acids is 1. The number of fused-ring (bicyclic) bond motifs is 1. The maximum absolute atomic E-state index is 12.9. The van der Waals surface area contributed by atoms with Crippen LogP contribution in [0.15, 0.2) is 24.5 Å². The van der Waals surface area contributed by atoms with E-state index in [0.29, 0.717) is 13.2 Å². The Hall–Kier alpha value is -1.66. The number of hydrogen-bond donors (Lipinski definition) is 0. The van der Waals surface area contributed by atoms with E-state index in [9.17, 15) is 4.79 Å². The van der Waals surface area contributed by atoms with Gasteiger partial charge in [0, 0.05) is 32.1 Å². The molecule has 3 aliphatic rings. The second-order valence-corrected chi connectivity index (χ2v) is 6.88. The van der Waals surface area contributed by atoms with Crippen molar-refractivity contribution in [1.82, 2.24) is 14.8 Å². The van der Waals surface area contributed by atoms with Crippen LogP contribution < -0.4 is 0 Å². The highest BCUT2D eigenvalue weighted by Crippen LogP contribution is 2.32. The van der Waals surface area contributed by atoms with E-state index in [0.717, 1.165) is 50.9 Å². The van der Waals surface area contributed by atoms with Crippen molar-refractivity contribution < 1.29 is 14.3 Å². The Morgan fingerprint density at radius 3 is 3.00 bits per heavy atom. The normalized spacial score (nSPS) is 29.8. The standard InChI is InChI=1S/C18H25N3O3/c22-18(20-8-1-2-9-20)21-12-16(17-15(21)6-4-10-23-17)24-13-14-5-3-7-19-11-14/h3,5,7,11,15-17H,1-2,4,6,8-10,12-13H2/t15-,16+,17+/m1/s1. The molecule has 3 aliphatic heterocycles. The highest BCUT2D eigenvalue weighted by Gasteiger charge is 2.47. The van der Waals surface area contributed by atoms with E-state index in [1.807, 2.05) is 28.1 Å². The molecule has 6 heteroatoms. The van der Waals surface area contributed by atoms with Crippen molar-refractivity contribution in [3.63, 3.8) is 0 Å². The van der Waals surface area contributed by atoms with Crippen molar-refractivity contribution >= 4 is 6.03 Å². The number of carbonyl (C=O) groups is 1. The molecule has 0 saturated carbocycles. The van der Waals surface area contributed by atoms with Crippen LogP contribution in [0.5, 0.6) is 0 Å². The zero-order valence-corrected chi connectivity index (χ0v) is 14.0. The Balaban J connectivity index is 1.43. The Morgan fingerprint density at radius 2 is 2.21 bits per heavy atom. The topological polar surface area (TPSA) is 54.9 Å². The number of urea groups is 1. The summed E-state index contributed by atoms with van der Waals surface area (Å²) in [7, 11) is 0. The van der Waals surface area contributed by atoms with E-state index in [4.69, 9.17) is 9.47 Å². The first kappa shape index (κ1) is 15.8. The van der Waals surface area contributed by atoms with Gasteiger partial charge in [-0.25, -0.2) is 4.79 Å². The molecule has 4 rings (SSSR count). The van der Waals surface area contributed by atoms with E-state index < -0.39 is 0 Å². The van der Waals surface area contributed by atoms with Crippen LogP contribution in [0.4, 0.5) is 4.79 Å². The summed E-state index contributed by atoms with van der Waals surface area (Å²) >= 11 is 0. The molecule has 1 aromatic heterocycles. The summed E-state index contributed by atoms with van der Waals surface area (Å²) in [5, 5.41) is 0. The van der Waals surface area contributed by atoms with Crippen LogP contribution in [0.3, 0.4) is 0 Å². The minimum absolute atomic E-state index is 0.00183. The van der Waals surface area contributed by atoms with Gasteiger partial charge in [0.2, 0.25) is 0 Å². The van der Waals surface area contributed by atoms with E-state index in [1.54, 1.807) is 6.20 Å². The van der Waals surface area contributed by atoms with E-state index in [1.165, 1.54) is 0 Å². The van der Waals surface area contributed by atoms with E-state index >= 15 is 0 Å². The Labute approximate surface area is 142 Å². The van der Waals surface area contributed by atoms with Crippen LogP contribution in [0.25, 0.3) is 0 Å². The molecular formula is C18H25N3O3. The number of aromatic nitrogens is 1. The lowest BCUT2D eigenvalue weighted by Crippen LogP contribution is -2.48. The monoisotopic (exact) mass is 331 g/mol. The van der Waals surface area contributed by atoms with Crippen molar-refractivity contribution in [3.8, 4) is 0 Å². The van der Waals surface area contributed by atoms with Crippen LogP contribution in [-0.2, 0) is 16.1 Å². The van der Waals surface area contributed by atoms with Gasteiger partial charge in [-0.1, -0.05) is 6.07 Å². The lowest BCUT2D eigenvalue weighted by Gasteiger charge is -2.34. The van der Waals surface area contributed by atoms with Gasteiger partial charge in [0.25, 0.3) is 0 Å².